The van der Waals surface area contributed by atoms with E-state index < -0.39 is 0 Å². The van der Waals surface area contributed by atoms with E-state index in [9.17, 15) is 0 Å². The molecule has 1 spiro atoms. The smallest absolute Gasteiger partial charge is 0.0729 e. The fourth-order valence-corrected chi connectivity index (χ4v) is 3.80. The van der Waals surface area contributed by atoms with Gasteiger partial charge in [0.25, 0.3) is 0 Å². The van der Waals surface area contributed by atoms with E-state index in [0.29, 0.717) is 10.9 Å². The van der Waals surface area contributed by atoms with Gasteiger partial charge in [0.2, 0.25) is 0 Å². The highest BCUT2D eigenvalue weighted by molar-refractivity contribution is 6.31. The van der Waals surface area contributed by atoms with Gasteiger partial charge in [-0.05, 0) is 43.2 Å². The molecule has 0 radical (unpaired) electrons. The first-order valence-electron chi connectivity index (χ1n) is 7.51. The summed E-state index contributed by atoms with van der Waals surface area (Å²) in [5.41, 5.74) is 3.92. The zero-order chi connectivity index (χ0) is 14.7. The molecule has 3 N–H and O–H groups in total. The first kappa shape index (κ1) is 15.2. The van der Waals surface area contributed by atoms with Crippen molar-refractivity contribution in [3.63, 3.8) is 0 Å². The van der Waals surface area contributed by atoms with Crippen LogP contribution in [0.2, 0.25) is 5.02 Å². The molecule has 116 valence electrons. The number of nitrogens with one attached hydrogen (secondary N) is 1. The number of hydrazine groups is 1. The second-order valence-corrected chi connectivity index (χ2v) is 6.35. The van der Waals surface area contributed by atoms with Crippen LogP contribution in [0.1, 0.15) is 37.3 Å². The van der Waals surface area contributed by atoms with Crippen LogP contribution in [0.5, 0.6) is 0 Å². The van der Waals surface area contributed by atoms with Crippen LogP contribution < -0.4 is 11.3 Å². The first-order chi connectivity index (χ1) is 10.2. The number of rotatable bonds is 3. The van der Waals surface area contributed by atoms with Crippen molar-refractivity contribution in [1.82, 2.24) is 10.4 Å². The number of halogens is 1. The molecule has 2 unspecified atom stereocenters. The molecule has 3 heterocycles. The molecule has 2 saturated heterocycles. The van der Waals surface area contributed by atoms with Crippen LogP contribution in [-0.4, -0.2) is 30.4 Å². The number of aromatic nitrogens is 1. The summed E-state index contributed by atoms with van der Waals surface area (Å²) in [6, 6.07) is 1.98. The highest BCUT2D eigenvalue weighted by Gasteiger charge is 2.41. The van der Waals surface area contributed by atoms with Crippen molar-refractivity contribution < 1.29 is 9.47 Å². The van der Waals surface area contributed by atoms with Crippen LogP contribution in [0.15, 0.2) is 18.5 Å². The van der Waals surface area contributed by atoms with Gasteiger partial charge in [0.1, 0.15) is 0 Å². The van der Waals surface area contributed by atoms with E-state index in [0.717, 1.165) is 51.1 Å². The van der Waals surface area contributed by atoms with Gasteiger partial charge in [0.15, 0.2) is 0 Å². The molecule has 0 amide bonds. The Morgan fingerprint density at radius 1 is 1.38 bits per heavy atom. The molecule has 2 aliphatic heterocycles. The summed E-state index contributed by atoms with van der Waals surface area (Å²) >= 11 is 6.28. The molecule has 5 nitrogen and oxygen atoms in total. The Kier molecular flexibility index (Phi) is 4.76. The second-order valence-electron chi connectivity index (χ2n) is 5.94. The molecule has 21 heavy (non-hydrogen) atoms. The topological polar surface area (TPSA) is 69.4 Å². The zero-order valence-corrected chi connectivity index (χ0v) is 12.8. The molecule has 3 rings (SSSR count). The van der Waals surface area contributed by atoms with E-state index in [1.807, 2.05) is 6.07 Å². The van der Waals surface area contributed by atoms with Crippen LogP contribution in [0.3, 0.4) is 0 Å². The predicted molar refractivity (Wildman–Crippen MR) is 80.8 cm³/mol. The van der Waals surface area contributed by atoms with Crippen molar-refractivity contribution in [3.05, 3.63) is 29.0 Å². The summed E-state index contributed by atoms with van der Waals surface area (Å²) in [5, 5.41) is 0.660. The molecular weight excluding hydrogens is 290 g/mol. The average molecular weight is 312 g/mol. The van der Waals surface area contributed by atoms with Gasteiger partial charge in [-0.3, -0.25) is 16.3 Å². The highest BCUT2D eigenvalue weighted by atomic mass is 35.5. The van der Waals surface area contributed by atoms with Crippen molar-refractivity contribution in [3.8, 4) is 0 Å². The molecule has 2 fully saturated rings. The zero-order valence-electron chi connectivity index (χ0n) is 12.1. The van der Waals surface area contributed by atoms with E-state index >= 15 is 0 Å². The van der Waals surface area contributed by atoms with Crippen LogP contribution in [0, 0.1) is 5.92 Å². The van der Waals surface area contributed by atoms with Crippen LogP contribution in [-0.2, 0) is 9.47 Å². The lowest BCUT2D eigenvalue weighted by Gasteiger charge is -2.45. The van der Waals surface area contributed by atoms with E-state index in [1.165, 1.54) is 0 Å². The summed E-state index contributed by atoms with van der Waals surface area (Å²) in [5.74, 6) is 6.23. The van der Waals surface area contributed by atoms with Crippen molar-refractivity contribution in [2.24, 2.45) is 11.8 Å². The molecule has 0 aliphatic carbocycles. The molecule has 1 aromatic rings. The molecule has 6 heteroatoms. The first-order valence-corrected chi connectivity index (χ1v) is 7.89. The van der Waals surface area contributed by atoms with Gasteiger partial charge < -0.3 is 9.47 Å². The molecule has 0 bridgehead atoms. The minimum atomic E-state index is -0.0459. The maximum atomic E-state index is 6.28. The third kappa shape index (κ3) is 3.22. The lowest BCUT2D eigenvalue weighted by Crippen LogP contribution is -2.47. The summed E-state index contributed by atoms with van der Waals surface area (Å²) in [6.07, 6.45) is 7.33. The van der Waals surface area contributed by atoms with Gasteiger partial charge in [-0.1, -0.05) is 11.6 Å². The number of pyridine rings is 1. The van der Waals surface area contributed by atoms with Crippen molar-refractivity contribution in [2.45, 2.75) is 37.3 Å². The second kappa shape index (κ2) is 6.58. The van der Waals surface area contributed by atoms with Gasteiger partial charge in [0, 0.05) is 32.2 Å². The lowest BCUT2D eigenvalue weighted by molar-refractivity contribution is -0.150. The lowest BCUT2D eigenvalue weighted by atomic mass is 9.76. The highest BCUT2D eigenvalue weighted by Crippen LogP contribution is 2.42. The third-order valence-electron chi connectivity index (χ3n) is 4.72. The van der Waals surface area contributed by atoms with Crippen molar-refractivity contribution in [1.29, 1.82) is 0 Å². The third-order valence-corrected chi connectivity index (χ3v) is 5.04. The number of hydrogen-bond donors (Lipinski definition) is 2. The van der Waals surface area contributed by atoms with Crippen LogP contribution >= 0.6 is 11.6 Å². The van der Waals surface area contributed by atoms with Gasteiger partial charge in [0.05, 0.1) is 16.7 Å². The summed E-state index contributed by atoms with van der Waals surface area (Å²) in [6.45, 7) is 2.33. The van der Waals surface area contributed by atoms with Gasteiger partial charge in [-0.15, -0.1) is 0 Å². The van der Waals surface area contributed by atoms with E-state index in [-0.39, 0.29) is 11.6 Å². The van der Waals surface area contributed by atoms with E-state index in [4.69, 9.17) is 26.9 Å². The summed E-state index contributed by atoms with van der Waals surface area (Å²) in [4.78, 5) is 4.05. The molecule has 0 saturated carbocycles. The van der Waals surface area contributed by atoms with Crippen molar-refractivity contribution >= 4 is 11.6 Å². The quantitative estimate of drug-likeness (QED) is 0.661. The Balaban J connectivity index is 1.79. The number of nitrogens with two attached hydrogens (primary N) is 1. The van der Waals surface area contributed by atoms with Crippen molar-refractivity contribution in [2.75, 3.05) is 19.8 Å². The molecule has 2 atom stereocenters. The molecule has 0 aromatic carbocycles. The fraction of sp³-hybridized carbons (Fsp3) is 0.667. The SMILES string of the molecule is NNC(c1ccncc1Cl)C1CCOC2(CCOCC2)C1. The van der Waals surface area contributed by atoms with E-state index in [1.54, 1.807) is 12.4 Å². The molecular formula is C15H22ClN3O2. The van der Waals surface area contributed by atoms with Gasteiger partial charge in [-0.25, -0.2) is 0 Å². The molecule has 2 aliphatic rings. The minimum Gasteiger partial charge on any atom is -0.381 e. The monoisotopic (exact) mass is 311 g/mol. The maximum Gasteiger partial charge on any atom is 0.0729 e. The Morgan fingerprint density at radius 2 is 2.19 bits per heavy atom. The Labute approximate surface area is 130 Å². The number of hydrogen-bond acceptors (Lipinski definition) is 5. The maximum absolute atomic E-state index is 6.28. The molecule has 1 aromatic heterocycles. The average Bonchev–Trinajstić information content (AvgIpc) is 2.51. The van der Waals surface area contributed by atoms with E-state index in [2.05, 4.69) is 10.4 Å². The Bertz CT molecular complexity index is 474. The minimum absolute atomic E-state index is 0.0316. The Morgan fingerprint density at radius 3 is 2.90 bits per heavy atom. The number of nitrogens with zero attached hydrogens (tertiary/aromatic N) is 1. The Hall–Kier alpha value is -0.720. The fourth-order valence-electron chi connectivity index (χ4n) is 3.56. The predicted octanol–water partition coefficient (Wildman–Crippen LogP) is 2.22. The largest absolute Gasteiger partial charge is 0.381 e. The normalized spacial score (nSPS) is 26.7. The standard InChI is InChI=1S/C15H22ClN3O2/c16-13-10-18-5-1-12(13)14(19-17)11-2-6-21-15(9-11)3-7-20-8-4-15/h1,5,10-11,14,19H,2-4,6-9,17H2. The van der Waals surface area contributed by atoms with Crippen LogP contribution in [0.25, 0.3) is 0 Å². The summed E-state index contributed by atoms with van der Waals surface area (Å²) in [7, 11) is 0. The summed E-state index contributed by atoms with van der Waals surface area (Å²) < 4.78 is 11.6. The van der Waals surface area contributed by atoms with Gasteiger partial charge >= 0.3 is 0 Å². The number of ether oxygens (including phenoxy) is 2. The van der Waals surface area contributed by atoms with Crippen LogP contribution in [0.4, 0.5) is 0 Å². The van der Waals surface area contributed by atoms with Gasteiger partial charge in [-0.2, -0.15) is 0 Å².